The highest BCUT2D eigenvalue weighted by Crippen LogP contribution is 2.33. The third-order valence-electron chi connectivity index (χ3n) is 3.55. The quantitative estimate of drug-likeness (QED) is 0.584. The molecular formula is C22H34O. The number of ether oxygens (including phenoxy) is 1. The van der Waals surface area contributed by atoms with Crippen LogP contribution in [0.25, 0.3) is 11.1 Å². The second kappa shape index (κ2) is 10.9. The lowest BCUT2D eigenvalue weighted by Crippen LogP contribution is -1.94. The fraction of sp³-hybridized carbons (Fsp3) is 0.455. The molecule has 2 aromatic rings. The molecule has 23 heavy (non-hydrogen) atoms. The summed E-state index contributed by atoms with van der Waals surface area (Å²) in [5.74, 6) is 1.47. The summed E-state index contributed by atoms with van der Waals surface area (Å²) in [6, 6.07) is 13.1. The van der Waals surface area contributed by atoms with Gasteiger partial charge >= 0.3 is 0 Å². The largest absolute Gasteiger partial charge is 0.496 e. The third-order valence-corrected chi connectivity index (χ3v) is 3.55. The molecule has 0 bridgehead atoms. The summed E-state index contributed by atoms with van der Waals surface area (Å²) < 4.78 is 5.44. The van der Waals surface area contributed by atoms with Crippen LogP contribution in [0.15, 0.2) is 36.4 Å². The number of hydrogen-bond donors (Lipinski definition) is 0. The minimum atomic E-state index is 0.517. The third kappa shape index (κ3) is 5.74. The van der Waals surface area contributed by atoms with Crippen molar-refractivity contribution in [1.29, 1.82) is 0 Å². The van der Waals surface area contributed by atoms with Gasteiger partial charge < -0.3 is 4.74 Å². The van der Waals surface area contributed by atoms with Gasteiger partial charge in [-0.05, 0) is 48.1 Å². The fourth-order valence-corrected chi connectivity index (χ4v) is 2.41. The van der Waals surface area contributed by atoms with E-state index in [4.69, 9.17) is 4.74 Å². The summed E-state index contributed by atoms with van der Waals surface area (Å²) in [7, 11) is 1.73. The lowest BCUT2D eigenvalue weighted by Gasteiger charge is -2.15. The van der Waals surface area contributed by atoms with Crippen LogP contribution in [0, 0.1) is 13.8 Å². The minimum Gasteiger partial charge on any atom is -0.496 e. The molecule has 0 heterocycles. The van der Waals surface area contributed by atoms with Crippen LogP contribution in [0.2, 0.25) is 0 Å². The van der Waals surface area contributed by atoms with E-state index >= 15 is 0 Å². The highest BCUT2D eigenvalue weighted by atomic mass is 16.5. The van der Waals surface area contributed by atoms with Crippen molar-refractivity contribution in [1.82, 2.24) is 0 Å². The molecule has 0 atom stereocenters. The van der Waals surface area contributed by atoms with Crippen LogP contribution >= 0.6 is 0 Å². The van der Waals surface area contributed by atoms with Crippen molar-refractivity contribution >= 4 is 0 Å². The van der Waals surface area contributed by atoms with Crippen molar-refractivity contribution in [2.45, 2.75) is 61.3 Å². The zero-order chi connectivity index (χ0) is 18.0. The van der Waals surface area contributed by atoms with Crippen LogP contribution in [0.4, 0.5) is 0 Å². The first-order valence-electron chi connectivity index (χ1n) is 8.78. The predicted molar refractivity (Wildman–Crippen MR) is 105 cm³/mol. The number of benzene rings is 2. The van der Waals surface area contributed by atoms with Gasteiger partial charge in [0.25, 0.3) is 0 Å². The van der Waals surface area contributed by atoms with E-state index in [-0.39, 0.29) is 0 Å². The van der Waals surface area contributed by atoms with Gasteiger partial charge in [-0.25, -0.2) is 0 Å². The predicted octanol–water partition coefficient (Wildman–Crippen LogP) is 7.15. The summed E-state index contributed by atoms with van der Waals surface area (Å²) in [6.07, 6.45) is 0. The van der Waals surface area contributed by atoms with Gasteiger partial charge in [-0.2, -0.15) is 0 Å². The Hall–Kier alpha value is -1.76. The Labute approximate surface area is 143 Å². The summed E-state index contributed by atoms with van der Waals surface area (Å²) in [5, 5.41) is 0. The van der Waals surface area contributed by atoms with E-state index in [2.05, 4.69) is 64.1 Å². The number of hydrogen-bond acceptors (Lipinski definition) is 1. The highest BCUT2D eigenvalue weighted by molar-refractivity contribution is 5.70. The van der Waals surface area contributed by atoms with E-state index in [1.165, 1.54) is 27.8 Å². The van der Waals surface area contributed by atoms with Crippen molar-refractivity contribution in [3.63, 3.8) is 0 Å². The summed E-state index contributed by atoms with van der Waals surface area (Å²) in [6.45, 7) is 16.7. The summed E-state index contributed by atoms with van der Waals surface area (Å²) >= 11 is 0. The van der Waals surface area contributed by atoms with Crippen LogP contribution in [0.5, 0.6) is 5.75 Å². The molecule has 0 aliphatic heterocycles. The molecule has 0 fully saturated rings. The van der Waals surface area contributed by atoms with Crippen LogP contribution in [-0.2, 0) is 0 Å². The van der Waals surface area contributed by atoms with Gasteiger partial charge in [0.15, 0.2) is 0 Å². The molecule has 2 rings (SSSR count). The fourth-order valence-electron chi connectivity index (χ4n) is 2.41. The molecule has 0 aromatic heterocycles. The van der Waals surface area contributed by atoms with E-state index < -0.39 is 0 Å². The van der Waals surface area contributed by atoms with Crippen LogP contribution in [0.1, 0.15) is 64.2 Å². The molecule has 0 aliphatic carbocycles. The van der Waals surface area contributed by atoms with Gasteiger partial charge in [0.05, 0.1) is 7.11 Å². The van der Waals surface area contributed by atoms with E-state index in [1.807, 2.05) is 27.7 Å². The Kier molecular flexibility index (Phi) is 10.0. The first kappa shape index (κ1) is 21.2. The molecule has 0 aliphatic rings. The summed E-state index contributed by atoms with van der Waals surface area (Å²) in [5.41, 5.74) is 6.39. The SMILES string of the molecule is CC.CC.COc1cc(-c2cc(C)ccc2C(C)C)ccc1C. The Morgan fingerprint density at radius 1 is 0.826 bits per heavy atom. The van der Waals surface area contributed by atoms with Gasteiger partial charge in [0, 0.05) is 0 Å². The maximum absolute atomic E-state index is 5.44. The van der Waals surface area contributed by atoms with Crippen molar-refractivity contribution in [2.24, 2.45) is 0 Å². The lowest BCUT2D eigenvalue weighted by molar-refractivity contribution is 0.412. The van der Waals surface area contributed by atoms with E-state index in [0.29, 0.717) is 5.92 Å². The van der Waals surface area contributed by atoms with Crippen LogP contribution < -0.4 is 4.74 Å². The molecule has 0 radical (unpaired) electrons. The topological polar surface area (TPSA) is 9.23 Å². The maximum Gasteiger partial charge on any atom is 0.122 e. The van der Waals surface area contributed by atoms with E-state index in [1.54, 1.807) is 7.11 Å². The van der Waals surface area contributed by atoms with E-state index in [9.17, 15) is 0 Å². The first-order chi connectivity index (χ1) is 11.0. The molecule has 0 amide bonds. The van der Waals surface area contributed by atoms with Gasteiger partial charge in [-0.15, -0.1) is 0 Å². The van der Waals surface area contributed by atoms with E-state index in [0.717, 1.165) is 5.75 Å². The zero-order valence-electron chi connectivity index (χ0n) is 16.4. The maximum atomic E-state index is 5.44. The van der Waals surface area contributed by atoms with Crippen LogP contribution in [0.3, 0.4) is 0 Å². The van der Waals surface area contributed by atoms with Gasteiger partial charge in [-0.3, -0.25) is 0 Å². The second-order valence-corrected chi connectivity index (χ2v) is 5.43. The molecule has 1 nitrogen and oxygen atoms in total. The summed E-state index contributed by atoms with van der Waals surface area (Å²) in [4.78, 5) is 0. The molecule has 0 saturated heterocycles. The van der Waals surface area contributed by atoms with Crippen molar-refractivity contribution < 1.29 is 4.74 Å². The Morgan fingerprint density at radius 3 is 1.96 bits per heavy atom. The van der Waals surface area contributed by atoms with Crippen molar-refractivity contribution in [3.8, 4) is 16.9 Å². The average Bonchev–Trinajstić information content (AvgIpc) is 2.58. The average molecular weight is 315 g/mol. The highest BCUT2D eigenvalue weighted by Gasteiger charge is 2.10. The lowest BCUT2D eigenvalue weighted by atomic mass is 9.91. The van der Waals surface area contributed by atoms with Crippen molar-refractivity contribution in [2.75, 3.05) is 7.11 Å². The Bertz CT molecular complexity index is 583. The standard InChI is InChI=1S/C18H22O.2C2H6/c1-12(2)16-9-6-13(3)10-17(16)15-8-7-14(4)18(11-15)19-5;2*1-2/h6-12H,1-5H3;2*1-2H3. The first-order valence-corrected chi connectivity index (χ1v) is 8.78. The monoisotopic (exact) mass is 314 g/mol. The van der Waals surface area contributed by atoms with Crippen LogP contribution in [-0.4, -0.2) is 7.11 Å². The van der Waals surface area contributed by atoms with Crippen molar-refractivity contribution in [3.05, 3.63) is 53.1 Å². The molecule has 0 spiro atoms. The Morgan fingerprint density at radius 2 is 1.43 bits per heavy atom. The zero-order valence-corrected chi connectivity index (χ0v) is 16.4. The molecule has 0 saturated carbocycles. The molecule has 2 aromatic carbocycles. The Balaban J connectivity index is 0.00000112. The minimum absolute atomic E-state index is 0.517. The second-order valence-electron chi connectivity index (χ2n) is 5.43. The molecule has 1 heteroatoms. The smallest absolute Gasteiger partial charge is 0.122 e. The number of aryl methyl sites for hydroxylation is 2. The molecule has 0 N–H and O–H groups in total. The van der Waals surface area contributed by atoms with Gasteiger partial charge in [-0.1, -0.05) is 77.4 Å². The van der Waals surface area contributed by atoms with Gasteiger partial charge in [0.1, 0.15) is 5.75 Å². The number of rotatable bonds is 3. The van der Waals surface area contributed by atoms with Gasteiger partial charge in [0.2, 0.25) is 0 Å². The normalized spacial score (nSPS) is 9.48. The number of methoxy groups -OCH3 is 1. The molecule has 128 valence electrons. The molecular weight excluding hydrogens is 280 g/mol. The molecule has 0 unspecified atom stereocenters.